The van der Waals surface area contributed by atoms with Crippen LogP contribution in [0, 0.1) is 6.92 Å². The van der Waals surface area contributed by atoms with Gasteiger partial charge in [-0.1, -0.05) is 41.9 Å². The highest BCUT2D eigenvalue weighted by molar-refractivity contribution is 6.31. The van der Waals surface area contributed by atoms with Crippen molar-refractivity contribution in [2.45, 2.75) is 19.9 Å². The van der Waals surface area contributed by atoms with E-state index in [1.807, 2.05) is 41.8 Å². The molecule has 0 aliphatic carbocycles. The van der Waals surface area contributed by atoms with E-state index in [-0.39, 0.29) is 17.4 Å². The molecule has 6 rings (SSSR count). The number of methoxy groups -OCH3 is 1. The Labute approximate surface area is 227 Å². The van der Waals surface area contributed by atoms with Gasteiger partial charge in [-0.15, -0.1) is 0 Å². The molecule has 0 unspecified atom stereocenters. The lowest BCUT2D eigenvalue weighted by atomic mass is 10.1. The Kier molecular flexibility index (Phi) is 6.04. The maximum atomic E-state index is 13.7. The zero-order valence-electron chi connectivity index (χ0n) is 21.4. The molecule has 0 radical (unpaired) electrons. The van der Waals surface area contributed by atoms with Crippen molar-refractivity contribution in [3.63, 3.8) is 0 Å². The first kappa shape index (κ1) is 24.6. The fourth-order valence-electron chi connectivity index (χ4n) is 4.99. The number of fused-ring (bicyclic) bond motifs is 3. The molecule has 39 heavy (non-hydrogen) atoms. The van der Waals surface area contributed by atoms with Gasteiger partial charge in [0, 0.05) is 32.6 Å². The predicted octanol–water partition coefficient (Wildman–Crippen LogP) is 6.34. The normalized spacial score (nSPS) is 12.6. The van der Waals surface area contributed by atoms with E-state index in [2.05, 4.69) is 5.10 Å². The molecule has 0 aliphatic heterocycles. The number of halogens is 1. The lowest BCUT2D eigenvalue weighted by Gasteiger charge is -2.15. The van der Waals surface area contributed by atoms with Crippen molar-refractivity contribution in [1.82, 2.24) is 14.2 Å². The molecule has 194 valence electrons. The number of benzene rings is 3. The summed E-state index contributed by atoms with van der Waals surface area (Å²) in [5, 5.41) is 7.31. The maximum absolute atomic E-state index is 13.7. The van der Waals surface area contributed by atoms with Crippen molar-refractivity contribution >= 4 is 56.6 Å². The number of aromatic nitrogens is 3. The van der Waals surface area contributed by atoms with Gasteiger partial charge < -0.3 is 13.7 Å². The topological polar surface area (TPSA) is 91.6 Å². The number of para-hydroxylation sites is 2. The van der Waals surface area contributed by atoms with E-state index in [1.165, 1.54) is 11.8 Å². The molecule has 3 heterocycles. The van der Waals surface area contributed by atoms with Gasteiger partial charge in [-0.05, 0) is 56.3 Å². The van der Waals surface area contributed by atoms with E-state index in [1.54, 1.807) is 55.6 Å². The van der Waals surface area contributed by atoms with Gasteiger partial charge in [-0.2, -0.15) is 9.78 Å². The summed E-state index contributed by atoms with van der Waals surface area (Å²) in [6.07, 6.45) is 1.62. The number of hydrogen-bond donors (Lipinski definition) is 0. The molecule has 6 aromatic rings. The number of hydrogen-bond acceptors (Lipinski definition) is 6. The van der Waals surface area contributed by atoms with Crippen LogP contribution < -0.4 is 5.56 Å². The Balaban J connectivity index is 1.57. The molecule has 0 amide bonds. The number of nitrogens with zero attached hydrogens (tertiary/aromatic N) is 4. The third kappa shape index (κ3) is 4.09. The molecule has 0 bridgehead atoms. The molecule has 0 saturated heterocycles. The summed E-state index contributed by atoms with van der Waals surface area (Å²) < 4.78 is 14.2. The molecule has 3 aromatic heterocycles. The summed E-state index contributed by atoms with van der Waals surface area (Å²) in [5.41, 5.74) is 3.23. The summed E-state index contributed by atoms with van der Waals surface area (Å²) in [6, 6.07) is 21.4. The van der Waals surface area contributed by atoms with Crippen LogP contribution in [0.1, 0.15) is 24.2 Å². The third-order valence-electron chi connectivity index (χ3n) is 6.89. The molecule has 0 fully saturated rings. The second-order valence-electron chi connectivity index (χ2n) is 9.19. The Morgan fingerprint density at radius 1 is 1.08 bits per heavy atom. The summed E-state index contributed by atoms with van der Waals surface area (Å²) >= 11 is 6.17. The Morgan fingerprint density at radius 3 is 2.62 bits per heavy atom. The van der Waals surface area contributed by atoms with Gasteiger partial charge in [0.2, 0.25) is 5.82 Å². The van der Waals surface area contributed by atoms with Crippen LogP contribution in [-0.4, -0.2) is 33.5 Å². The minimum absolute atomic E-state index is 0.256. The van der Waals surface area contributed by atoms with Crippen molar-refractivity contribution in [2.24, 2.45) is 5.10 Å². The highest BCUT2D eigenvalue weighted by Crippen LogP contribution is 2.31. The van der Waals surface area contributed by atoms with Gasteiger partial charge in [0.1, 0.15) is 11.6 Å². The van der Waals surface area contributed by atoms with Crippen LogP contribution in [0.3, 0.4) is 0 Å². The van der Waals surface area contributed by atoms with Crippen LogP contribution in [0.5, 0.6) is 0 Å². The third-order valence-corrected chi connectivity index (χ3v) is 7.12. The maximum Gasteiger partial charge on any atom is 0.328 e. The molecule has 8 nitrogen and oxygen atoms in total. The van der Waals surface area contributed by atoms with Crippen LogP contribution in [-0.2, 0) is 9.53 Å². The number of carbonyl (C=O) groups is 1. The monoisotopic (exact) mass is 538 g/mol. The minimum atomic E-state index is -0.551. The number of ether oxygens (including phenoxy) is 1. The van der Waals surface area contributed by atoms with Gasteiger partial charge in [-0.3, -0.25) is 4.79 Å². The predicted molar refractivity (Wildman–Crippen MR) is 153 cm³/mol. The first-order valence-electron chi connectivity index (χ1n) is 12.3. The fourth-order valence-corrected chi connectivity index (χ4v) is 5.17. The fraction of sp³-hybridized carbons (Fsp3) is 0.133. The molecule has 0 saturated carbocycles. The Morgan fingerprint density at radius 2 is 1.82 bits per heavy atom. The molecule has 0 spiro atoms. The molecule has 3 aromatic carbocycles. The van der Waals surface area contributed by atoms with E-state index >= 15 is 0 Å². The zero-order chi connectivity index (χ0) is 27.3. The number of carbonyl (C=O) groups excluding carboxylic acids is 1. The van der Waals surface area contributed by atoms with Crippen molar-refractivity contribution in [2.75, 3.05) is 7.11 Å². The summed E-state index contributed by atoms with van der Waals surface area (Å²) in [6.45, 7) is 3.70. The van der Waals surface area contributed by atoms with E-state index in [9.17, 15) is 9.59 Å². The molecular formula is C30H23ClN4O4. The SMILES string of the molecule is COC(=O)[C@@H](C)n1c(C)c(C=Nn2c(-c3cc4cc(Cl)ccc4o3)nc3ccccc3c2=O)c2ccccc21. The average molecular weight is 539 g/mol. The van der Waals surface area contributed by atoms with Crippen LogP contribution in [0.2, 0.25) is 5.02 Å². The summed E-state index contributed by atoms with van der Waals surface area (Å²) in [5.74, 6) is 0.280. The molecule has 9 heteroatoms. The van der Waals surface area contributed by atoms with Gasteiger partial charge in [0.05, 0.1) is 24.2 Å². The van der Waals surface area contributed by atoms with Crippen LogP contribution in [0.25, 0.3) is 44.4 Å². The van der Waals surface area contributed by atoms with Crippen LogP contribution in [0.15, 0.2) is 87.1 Å². The van der Waals surface area contributed by atoms with Gasteiger partial charge in [-0.25, -0.2) is 9.78 Å². The van der Waals surface area contributed by atoms with Crippen molar-refractivity contribution in [3.8, 4) is 11.6 Å². The first-order chi connectivity index (χ1) is 18.9. The molecule has 0 N–H and O–H groups in total. The zero-order valence-corrected chi connectivity index (χ0v) is 22.1. The van der Waals surface area contributed by atoms with E-state index in [0.29, 0.717) is 27.3 Å². The number of esters is 1. The lowest BCUT2D eigenvalue weighted by molar-refractivity contribution is -0.143. The average Bonchev–Trinajstić information content (AvgIpc) is 3.49. The van der Waals surface area contributed by atoms with Crippen molar-refractivity contribution in [3.05, 3.63) is 99.4 Å². The smallest absolute Gasteiger partial charge is 0.328 e. The molecule has 1 atom stereocenters. The molecular weight excluding hydrogens is 516 g/mol. The van der Waals surface area contributed by atoms with Crippen LogP contribution >= 0.6 is 11.6 Å². The second kappa shape index (κ2) is 9.56. The standard InChI is InChI=1S/C30H23ClN4O4/c1-17-23(21-8-5-7-11-25(21)34(17)18(2)30(37)38-3)16-32-35-28(33-24-10-6-4-9-22(24)29(35)36)27-15-19-14-20(31)12-13-26(19)39-27/h4-16,18H,1-3H3/t18-/m1/s1. The van der Waals surface area contributed by atoms with Gasteiger partial charge in [0.25, 0.3) is 5.56 Å². The summed E-state index contributed by atoms with van der Waals surface area (Å²) in [7, 11) is 1.37. The quantitative estimate of drug-likeness (QED) is 0.188. The van der Waals surface area contributed by atoms with E-state index < -0.39 is 6.04 Å². The van der Waals surface area contributed by atoms with Gasteiger partial charge in [0.15, 0.2) is 5.76 Å². The minimum Gasteiger partial charge on any atom is -0.467 e. The van der Waals surface area contributed by atoms with Gasteiger partial charge >= 0.3 is 5.97 Å². The highest BCUT2D eigenvalue weighted by Gasteiger charge is 2.23. The Hall–Kier alpha value is -4.69. The number of furan rings is 1. The van der Waals surface area contributed by atoms with E-state index in [4.69, 9.17) is 25.7 Å². The second-order valence-corrected chi connectivity index (χ2v) is 9.63. The first-order valence-corrected chi connectivity index (χ1v) is 12.7. The number of rotatable bonds is 5. The highest BCUT2D eigenvalue weighted by atomic mass is 35.5. The van der Waals surface area contributed by atoms with E-state index in [0.717, 1.165) is 27.5 Å². The van der Waals surface area contributed by atoms with Crippen molar-refractivity contribution < 1.29 is 13.9 Å². The summed E-state index contributed by atoms with van der Waals surface area (Å²) in [4.78, 5) is 30.8. The molecule has 0 aliphatic rings. The largest absolute Gasteiger partial charge is 0.467 e. The lowest BCUT2D eigenvalue weighted by Crippen LogP contribution is -2.20. The van der Waals surface area contributed by atoms with Crippen molar-refractivity contribution in [1.29, 1.82) is 0 Å². The van der Waals surface area contributed by atoms with Crippen LogP contribution in [0.4, 0.5) is 0 Å². The Bertz CT molecular complexity index is 2000.